The van der Waals surface area contributed by atoms with E-state index in [9.17, 15) is 14.5 Å². The van der Waals surface area contributed by atoms with Crippen molar-refractivity contribution in [1.82, 2.24) is 0 Å². The molecule has 1 fully saturated rings. The number of nitrogens with zero attached hydrogens (tertiary/aromatic N) is 2. The van der Waals surface area contributed by atoms with Gasteiger partial charge in [0.15, 0.2) is 0 Å². The van der Waals surface area contributed by atoms with Crippen LogP contribution in [-0.2, 0) is 4.74 Å². The van der Waals surface area contributed by atoms with E-state index in [1.165, 1.54) is 6.07 Å². The quantitative estimate of drug-likeness (QED) is 0.615. The van der Waals surface area contributed by atoms with Crippen LogP contribution in [0.5, 0.6) is 0 Å². The van der Waals surface area contributed by atoms with Gasteiger partial charge in [0.25, 0.3) is 0 Å². The lowest BCUT2D eigenvalue weighted by Crippen LogP contribution is -2.40. The van der Waals surface area contributed by atoms with Crippen LogP contribution in [0.3, 0.4) is 0 Å². The number of benzene rings is 1. The number of ether oxygens (including phenoxy) is 1. The molecular weight excluding hydrogens is 263 g/mol. The monoisotopic (exact) mass is 282 g/mol. The van der Waals surface area contributed by atoms with Crippen LogP contribution in [0.25, 0.3) is 0 Å². The first-order valence-corrected chi connectivity index (χ1v) is 6.93. The second-order valence-corrected chi connectivity index (χ2v) is 4.95. The van der Waals surface area contributed by atoms with Crippen molar-refractivity contribution in [2.24, 2.45) is 0 Å². The highest BCUT2D eigenvalue weighted by atomic mass is 19.1. The predicted octanol–water partition coefficient (Wildman–Crippen LogP) is 3.13. The summed E-state index contributed by atoms with van der Waals surface area (Å²) in [4.78, 5) is 12.2. The molecule has 20 heavy (non-hydrogen) atoms. The van der Waals surface area contributed by atoms with E-state index >= 15 is 0 Å². The Balaban J connectivity index is 2.18. The summed E-state index contributed by atoms with van der Waals surface area (Å²) >= 11 is 0. The average Bonchev–Trinajstić information content (AvgIpc) is 2.44. The Morgan fingerprint density at radius 3 is 3.05 bits per heavy atom. The Morgan fingerprint density at radius 1 is 1.55 bits per heavy atom. The smallest absolute Gasteiger partial charge is 0.327 e. The molecule has 0 radical (unpaired) electrons. The first kappa shape index (κ1) is 14.7. The van der Waals surface area contributed by atoms with Gasteiger partial charge in [-0.15, -0.1) is 0 Å². The Labute approximate surface area is 117 Å². The number of nitro benzene ring substituents is 1. The number of halogens is 1. The van der Waals surface area contributed by atoms with E-state index in [2.05, 4.69) is 0 Å². The standard InChI is InChI=1S/C14H19FN2O3/c1-2-9-20-11-5-4-8-16(10-11)13-7-3-6-12(15)14(13)17(18)19/h3,6-7,11H,2,4-5,8-10H2,1H3. The van der Waals surface area contributed by atoms with Crippen molar-refractivity contribution in [1.29, 1.82) is 0 Å². The highest BCUT2D eigenvalue weighted by Crippen LogP contribution is 2.32. The van der Waals surface area contributed by atoms with E-state index in [0.29, 0.717) is 25.4 Å². The molecule has 1 atom stereocenters. The lowest BCUT2D eigenvalue weighted by atomic mass is 10.1. The van der Waals surface area contributed by atoms with E-state index in [0.717, 1.165) is 25.3 Å². The summed E-state index contributed by atoms with van der Waals surface area (Å²) in [5.41, 5.74) is -0.0940. The highest BCUT2D eigenvalue weighted by molar-refractivity contribution is 5.64. The Hall–Kier alpha value is -1.69. The summed E-state index contributed by atoms with van der Waals surface area (Å²) in [6, 6.07) is 4.23. The molecule has 0 saturated carbocycles. The third-order valence-electron chi connectivity index (χ3n) is 3.42. The van der Waals surface area contributed by atoms with Gasteiger partial charge in [0, 0.05) is 19.7 Å². The SMILES string of the molecule is CCCOC1CCCN(c2cccc(F)c2[N+](=O)[O-])C1. The number of hydrogen-bond acceptors (Lipinski definition) is 4. The summed E-state index contributed by atoms with van der Waals surface area (Å²) < 4.78 is 19.4. The molecule has 5 nitrogen and oxygen atoms in total. The third-order valence-corrected chi connectivity index (χ3v) is 3.42. The normalized spacial score (nSPS) is 19.1. The van der Waals surface area contributed by atoms with Crippen LogP contribution < -0.4 is 4.90 Å². The maximum absolute atomic E-state index is 13.7. The van der Waals surface area contributed by atoms with Crippen molar-refractivity contribution in [2.45, 2.75) is 32.3 Å². The molecule has 0 bridgehead atoms. The van der Waals surface area contributed by atoms with E-state index in [1.54, 1.807) is 6.07 Å². The fraction of sp³-hybridized carbons (Fsp3) is 0.571. The molecule has 0 amide bonds. The second kappa shape index (κ2) is 6.65. The molecule has 0 spiro atoms. The lowest BCUT2D eigenvalue weighted by molar-refractivity contribution is -0.386. The zero-order chi connectivity index (χ0) is 14.5. The summed E-state index contributed by atoms with van der Waals surface area (Å²) in [5, 5.41) is 11.0. The number of para-hydroxylation sites is 1. The molecule has 1 aliphatic rings. The molecule has 1 aromatic rings. The van der Waals surface area contributed by atoms with Gasteiger partial charge >= 0.3 is 5.69 Å². The molecule has 0 aliphatic carbocycles. The summed E-state index contributed by atoms with van der Waals surface area (Å²) in [6.07, 6.45) is 2.84. The highest BCUT2D eigenvalue weighted by Gasteiger charge is 2.28. The maximum atomic E-state index is 13.7. The topological polar surface area (TPSA) is 55.6 Å². The Kier molecular flexibility index (Phi) is 4.89. The number of hydrogen-bond donors (Lipinski definition) is 0. The molecular formula is C14H19FN2O3. The van der Waals surface area contributed by atoms with Gasteiger partial charge in [-0.25, -0.2) is 0 Å². The average molecular weight is 282 g/mol. The number of anilines is 1. The van der Waals surface area contributed by atoms with Crippen LogP contribution in [0, 0.1) is 15.9 Å². The summed E-state index contributed by atoms with van der Waals surface area (Å²) in [5.74, 6) is -0.788. The number of nitro groups is 1. The van der Waals surface area contributed by atoms with Crippen molar-refractivity contribution in [2.75, 3.05) is 24.6 Å². The largest absolute Gasteiger partial charge is 0.376 e. The van der Waals surface area contributed by atoms with Gasteiger partial charge in [-0.2, -0.15) is 4.39 Å². The van der Waals surface area contributed by atoms with Crippen LogP contribution in [0.4, 0.5) is 15.8 Å². The summed E-state index contributed by atoms with van der Waals surface area (Å²) in [7, 11) is 0. The first-order chi connectivity index (χ1) is 9.63. The van der Waals surface area contributed by atoms with Gasteiger partial charge < -0.3 is 9.64 Å². The van der Waals surface area contributed by atoms with E-state index in [1.807, 2.05) is 11.8 Å². The van der Waals surface area contributed by atoms with Crippen LogP contribution in [0.15, 0.2) is 18.2 Å². The Bertz CT molecular complexity index is 481. The van der Waals surface area contributed by atoms with Gasteiger partial charge in [-0.1, -0.05) is 13.0 Å². The molecule has 6 heteroatoms. The summed E-state index contributed by atoms with van der Waals surface area (Å²) in [6.45, 7) is 3.99. The fourth-order valence-corrected chi connectivity index (χ4v) is 2.52. The minimum absolute atomic E-state index is 0.0616. The van der Waals surface area contributed by atoms with Crippen molar-refractivity contribution >= 4 is 11.4 Å². The molecule has 110 valence electrons. The molecule has 2 rings (SSSR count). The molecule has 1 aliphatic heterocycles. The second-order valence-electron chi connectivity index (χ2n) is 4.95. The van der Waals surface area contributed by atoms with Gasteiger partial charge in [0.2, 0.25) is 5.82 Å². The third kappa shape index (κ3) is 3.25. The molecule has 0 N–H and O–H groups in total. The van der Waals surface area contributed by atoms with Crippen molar-refractivity contribution < 1.29 is 14.1 Å². The fourth-order valence-electron chi connectivity index (χ4n) is 2.52. The lowest BCUT2D eigenvalue weighted by Gasteiger charge is -2.33. The first-order valence-electron chi connectivity index (χ1n) is 6.93. The molecule has 1 unspecified atom stereocenters. The van der Waals surface area contributed by atoms with Gasteiger partial charge in [0.1, 0.15) is 5.69 Å². The minimum Gasteiger partial charge on any atom is -0.376 e. The van der Waals surface area contributed by atoms with E-state index in [-0.39, 0.29) is 6.10 Å². The van der Waals surface area contributed by atoms with Crippen LogP contribution >= 0.6 is 0 Å². The van der Waals surface area contributed by atoms with Crippen LogP contribution in [-0.4, -0.2) is 30.7 Å². The van der Waals surface area contributed by atoms with Crippen molar-refractivity contribution in [3.63, 3.8) is 0 Å². The van der Waals surface area contributed by atoms with Crippen LogP contribution in [0.1, 0.15) is 26.2 Å². The van der Waals surface area contributed by atoms with Crippen molar-refractivity contribution in [3.05, 3.63) is 34.1 Å². The Morgan fingerprint density at radius 2 is 2.35 bits per heavy atom. The minimum atomic E-state index is -0.788. The van der Waals surface area contributed by atoms with Crippen LogP contribution in [0.2, 0.25) is 0 Å². The number of rotatable bonds is 5. The predicted molar refractivity (Wildman–Crippen MR) is 74.5 cm³/mol. The van der Waals surface area contributed by atoms with E-state index < -0.39 is 16.4 Å². The maximum Gasteiger partial charge on any atom is 0.327 e. The molecule has 1 aromatic carbocycles. The molecule has 1 saturated heterocycles. The van der Waals surface area contributed by atoms with E-state index in [4.69, 9.17) is 4.74 Å². The van der Waals surface area contributed by atoms with Gasteiger partial charge in [-0.05, 0) is 31.4 Å². The van der Waals surface area contributed by atoms with Crippen molar-refractivity contribution in [3.8, 4) is 0 Å². The number of piperidine rings is 1. The molecule has 0 aromatic heterocycles. The zero-order valence-electron chi connectivity index (χ0n) is 11.5. The zero-order valence-corrected chi connectivity index (χ0v) is 11.5. The van der Waals surface area contributed by atoms with Gasteiger partial charge in [-0.3, -0.25) is 10.1 Å². The van der Waals surface area contributed by atoms with Gasteiger partial charge in [0.05, 0.1) is 11.0 Å². The molecule has 1 heterocycles.